The topological polar surface area (TPSA) is 96.0 Å². The third kappa shape index (κ3) is 2.91. The van der Waals surface area contributed by atoms with Gasteiger partial charge in [0.2, 0.25) is 10.0 Å². The predicted octanol–water partition coefficient (Wildman–Crippen LogP) is -2.53. The molecule has 0 aliphatic carbocycles. The molecule has 14 heavy (non-hydrogen) atoms. The first-order valence-electron chi connectivity index (χ1n) is 3.94. The average Bonchev–Trinajstić information content (AvgIpc) is 2.18. The highest BCUT2D eigenvalue weighted by atomic mass is 32.2. The summed E-state index contributed by atoms with van der Waals surface area (Å²) in [5, 5.41) is 9.63. The van der Waals surface area contributed by atoms with E-state index >= 15 is 0 Å². The lowest BCUT2D eigenvalue weighted by Gasteiger charge is -2.25. The van der Waals surface area contributed by atoms with E-state index in [0.29, 0.717) is 13.2 Å². The fourth-order valence-corrected chi connectivity index (χ4v) is 2.32. The van der Waals surface area contributed by atoms with E-state index in [-0.39, 0.29) is 13.1 Å². The third-order valence-electron chi connectivity index (χ3n) is 1.76. The van der Waals surface area contributed by atoms with Crippen molar-refractivity contribution in [3.63, 3.8) is 0 Å². The molecule has 0 bridgehead atoms. The monoisotopic (exact) mass is 224 g/mol. The Bertz CT molecular complexity index is 293. The zero-order chi connectivity index (χ0) is 10.6. The van der Waals surface area contributed by atoms with E-state index in [0.717, 1.165) is 4.31 Å². The van der Waals surface area contributed by atoms with Crippen LogP contribution < -0.4 is 5.26 Å². The fraction of sp³-hybridized carbons (Fsp3) is 0.833. The van der Waals surface area contributed by atoms with Crippen molar-refractivity contribution in [3.8, 4) is 0 Å². The van der Waals surface area contributed by atoms with Gasteiger partial charge in [0.05, 0.1) is 13.2 Å². The summed E-state index contributed by atoms with van der Waals surface area (Å²) in [4.78, 5) is 13.5. The number of rotatable bonds is 3. The minimum Gasteiger partial charge on any atom is -0.662 e. The molecule has 0 N–H and O–H groups in total. The molecular weight excluding hydrogens is 214 g/mol. The summed E-state index contributed by atoms with van der Waals surface area (Å²) >= 11 is 0. The molecule has 1 heterocycles. The van der Waals surface area contributed by atoms with Gasteiger partial charge in [-0.15, -0.1) is 0 Å². The van der Waals surface area contributed by atoms with Crippen LogP contribution >= 0.6 is 0 Å². The van der Waals surface area contributed by atoms with Gasteiger partial charge in [-0.1, -0.05) is 0 Å². The Balaban J connectivity index is 2.59. The van der Waals surface area contributed by atoms with Crippen molar-refractivity contribution in [2.24, 2.45) is 0 Å². The molecule has 0 aromatic heterocycles. The molecule has 1 aliphatic heterocycles. The lowest BCUT2D eigenvalue weighted by atomic mass is 10.5. The van der Waals surface area contributed by atoms with Crippen molar-refractivity contribution >= 4 is 16.0 Å². The smallest absolute Gasteiger partial charge is 0.316 e. The molecule has 0 aromatic rings. The van der Waals surface area contributed by atoms with E-state index in [1.807, 2.05) is 0 Å². The van der Waals surface area contributed by atoms with E-state index in [2.05, 4.69) is 4.89 Å². The average molecular weight is 224 g/mol. The Morgan fingerprint density at radius 2 is 2.00 bits per heavy atom. The zero-order valence-electron chi connectivity index (χ0n) is 7.34. The first-order chi connectivity index (χ1) is 6.56. The number of morpholine rings is 1. The quantitative estimate of drug-likeness (QED) is 0.387. The van der Waals surface area contributed by atoms with E-state index in [1.165, 1.54) is 0 Å². The molecular formula is C6H10NO6S-. The van der Waals surface area contributed by atoms with Crippen molar-refractivity contribution in [2.45, 2.75) is 0 Å². The summed E-state index contributed by atoms with van der Waals surface area (Å²) in [6.45, 7) is 1.00. The van der Waals surface area contributed by atoms with Gasteiger partial charge < -0.3 is 14.9 Å². The number of sulfonamides is 1. The molecule has 7 nitrogen and oxygen atoms in total. The number of hydrogen-bond donors (Lipinski definition) is 0. The first-order valence-corrected chi connectivity index (χ1v) is 5.55. The molecule has 1 rings (SSSR count). The number of hydrogen-bond acceptors (Lipinski definition) is 6. The first kappa shape index (κ1) is 11.4. The summed E-state index contributed by atoms with van der Waals surface area (Å²) in [7, 11) is -3.72. The van der Waals surface area contributed by atoms with Crippen molar-refractivity contribution in [1.82, 2.24) is 4.31 Å². The maximum atomic E-state index is 11.4. The molecule has 0 unspecified atom stereocenters. The normalized spacial score (nSPS) is 19.2. The second kappa shape index (κ2) is 4.69. The third-order valence-corrected chi connectivity index (χ3v) is 3.51. The zero-order valence-corrected chi connectivity index (χ0v) is 8.16. The van der Waals surface area contributed by atoms with Gasteiger partial charge in [-0.3, -0.25) is 4.79 Å². The molecule has 0 radical (unpaired) electrons. The Morgan fingerprint density at radius 1 is 1.43 bits per heavy atom. The molecule has 1 fully saturated rings. The Morgan fingerprint density at radius 3 is 2.50 bits per heavy atom. The van der Waals surface area contributed by atoms with Gasteiger partial charge in [0.1, 0.15) is 0 Å². The number of carbonyl (C=O) groups is 1. The standard InChI is InChI=1S/C6H11NO6S/c8-6(13-9)5-14(10,11)7-1-3-12-4-2-7/h9H,1-5H2/p-1. The molecule has 0 aromatic carbocycles. The van der Waals surface area contributed by atoms with Crippen molar-refractivity contribution in [2.75, 3.05) is 32.1 Å². The summed E-state index contributed by atoms with van der Waals surface area (Å²) in [5.41, 5.74) is 0. The number of nitrogens with zero attached hydrogens (tertiary/aromatic N) is 1. The van der Waals surface area contributed by atoms with Crippen LogP contribution in [0.5, 0.6) is 0 Å². The maximum Gasteiger partial charge on any atom is 0.316 e. The summed E-state index contributed by atoms with van der Waals surface area (Å²) in [6, 6.07) is 0. The number of ether oxygens (including phenoxy) is 1. The van der Waals surface area contributed by atoms with Crippen LogP contribution in [0.4, 0.5) is 0 Å². The van der Waals surface area contributed by atoms with Crippen LogP contribution in [0.3, 0.4) is 0 Å². The second-order valence-electron chi connectivity index (χ2n) is 2.72. The predicted molar refractivity (Wildman–Crippen MR) is 42.3 cm³/mol. The Hall–Kier alpha value is -0.700. The van der Waals surface area contributed by atoms with Gasteiger partial charge in [-0.05, 0) is 0 Å². The molecule has 1 saturated heterocycles. The van der Waals surface area contributed by atoms with Gasteiger partial charge in [0.15, 0.2) is 5.75 Å². The maximum absolute atomic E-state index is 11.4. The molecule has 0 saturated carbocycles. The van der Waals surface area contributed by atoms with Gasteiger partial charge in [0, 0.05) is 13.1 Å². The van der Waals surface area contributed by atoms with Crippen LogP contribution in [-0.4, -0.2) is 50.7 Å². The van der Waals surface area contributed by atoms with Crippen LogP contribution in [0.25, 0.3) is 0 Å². The molecule has 1 aliphatic rings. The van der Waals surface area contributed by atoms with Gasteiger partial charge >= 0.3 is 5.97 Å². The summed E-state index contributed by atoms with van der Waals surface area (Å²) in [6.07, 6.45) is 0. The van der Waals surface area contributed by atoms with Gasteiger partial charge in [-0.25, -0.2) is 8.42 Å². The molecule has 8 heteroatoms. The molecule has 0 amide bonds. The highest BCUT2D eigenvalue weighted by Gasteiger charge is 2.26. The fourth-order valence-electron chi connectivity index (χ4n) is 1.09. The van der Waals surface area contributed by atoms with Crippen molar-refractivity contribution in [3.05, 3.63) is 0 Å². The van der Waals surface area contributed by atoms with Crippen LogP contribution in [-0.2, 0) is 24.4 Å². The minimum absolute atomic E-state index is 0.203. The van der Waals surface area contributed by atoms with E-state index in [1.54, 1.807) is 0 Å². The molecule has 0 atom stereocenters. The summed E-state index contributed by atoms with van der Waals surface area (Å²) < 4.78 is 28.8. The SMILES string of the molecule is O=C(CS(=O)(=O)N1CCOCC1)O[O-]. The van der Waals surface area contributed by atoms with Crippen LogP contribution in [0, 0.1) is 0 Å². The second-order valence-corrected chi connectivity index (χ2v) is 4.69. The van der Waals surface area contributed by atoms with E-state index < -0.39 is 21.7 Å². The van der Waals surface area contributed by atoms with Crippen LogP contribution in [0.2, 0.25) is 0 Å². The number of carbonyl (C=O) groups excluding carboxylic acids is 1. The highest BCUT2D eigenvalue weighted by Crippen LogP contribution is 2.05. The van der Waals surface area contributed by atoms with Crippen LogP contribution in [0.15, 0.2) is 0 Å². The Kier molecular flexibility index (Phi) is 3.81. The summed E-state index contributed by atoms with van der Waals surface area (Å²) in [5.74, 6) is -2.20. The Labute approximate surface area is 81.2 Å². The van der Waals surface area contributed by atoms with Crippen molar-refractivity contribution in [1.29, 1.82) is 0 Å². The van der Waals surface area contributed by atoms with Crippen molar-refractivity contribution < 1.29 is 28.1 Å². The molecule has 82 valence electrons. The lowest BCUT2D eigenvalue weighted by Crippen LogP contribution is -2.43. The van der Waals surface area contributed by atoms with Gasteiger partial charge in [0.25, 0.3) is 0 Å². The van der Waals surface area contributed by atoms with Gasteiger partial charge in [-0.2, -0.15) is 4.31 Å². The molecule has 0 spiro atoms. The van der Waals surface area contributed by atoms with E-state index in [4.69, 9.17) is 4.74 Å². The minimum atomic E-state index is -3.72. The lowest BCUT2D eigenvalue weighted by molar-refractivity contribution is -0.656. The van der Waals surface area contributed by atoms with E-state index in [9.17, 15) is 18.5 Å². The largest absolute Gasteiger partial charge is 0.662 e. The van der Waals surface area contributed by atoms with Crippen LogP contribution in [0.1, 0.15) is 0 Å². The highest BCUT2D eigenvalue weighted by molar-refractivity contribution is 7.89.